The molecule has 1 heterocycles. The summed E-state index contributed by atoms with van der Waals surface area (Å²) < 4.78 is 5.57. The molecule has 4 aromatic rings. The third-order valence-electron chi connectivity index (χ3n) is 6.59. The van der Waals surface area contributed by atoms with Crippen LogP contribution in [-0.4, -0.2) is 28.5 Å². The molecule has 1 amide bonds. The molecule has 6 nitrogen and oxygen atoms in total. The Morgan fingerprint density at radius 2 is 1.73 bits per heavy atom. The number of ether oxygens (including phenoxy) is 1. The van der Waals surface area contributed by atoms with E-state index < -0.39 is 17.7 Å². The Balaban J connectivity index is 1.81. The van der Waals surface area contributed by atoms with Gasteiger partial charge in [-0.3, -0.25) is 14.5 Å². The van der Waals surface area contributed by atoms with Crippen molar-refractivity contribution in [2.45, 2.75) is 19.9 Å². The van der Waals surface area contributed by atoms with Crippen molar-refractivity contribution in [3.63, 3.8) is 0 Å². The molecule has 5 rings (SSSR count). The van der Waals surface area contributed by atoms with E-state index in [2.05, 4.69) is 0 Å². The minimum atomic E-state index is -0.990. The molecule has 37 heavy (non-hydrogen) atoms. The molecule has 0 radical (unpaired) electrons. The number of phenols is 1. The van der Waals surface area contributed by atoms with Crippen molar-refractivity contribution in [1.29, 1.82) is 0 Å². The van der Waals surface area contributed by atoms with Gasteiger partial charge in [0.15, 0.2) is 11.5 Å². The van der Waals surface area contributed by atoms with Crippen LogP contribution in [0.1, 0.15) is 29.7 Å². The number of anilines is 1. The van der Waals surface area contributed by atoms with Gasteiger partial charge in [0.2, 0.25) is 0 Å². The molecule has 1 atom stereocenters. The topological polar surface area (TPSA) is 87.1 Å². The number of fused-ring (bicyclic) bond motifs is 1. The van der Waals surface area contributed by atoms with E-state index in [1.165, 1.54) is 11.0 Å². The maximum absolute atomic E-state index is 13.6. The van der Waals surface area contributed by atoms with Crippen LogP contribution in [0, 0.1) is 6.92 Å². The number of carbonyl (C=O) groups excluding carboxylic acids is 2. The largest absolute Gasteiger partial charge is 0.507 e. The minimum absolute atomic E-state index is 0.0612. The zero-order valence-electron chi connectivity index (χ0n) is 20.2. The molecule has 1 saturated heterocycles. The highest BCUT2D eigenvalue weighted by Gasteiger charge is 2.47. The number of nitrogens with zero attached hydrogens (tertiary/aromatic N) is 1. The average molecular weight is 514 g/mol. The summed E-state index contributed by atoms with van der Waals surface area (Å²) >= 11 is 6.38. The molecule has 7 heteroatoms. The Morgan fingerprint density at radius 1 is 1.00 bits per heavy atom. The van der Waals surface area contributed by atoms with E-state index in [0.717, 1.165) is 10.8 Å². The summed E-state index contributed by atoms with van der Waals surface area (Å²) in [6, 6.07) is 21.7. The van der Waals surface area contributed by atoms with Gasteiger partial charge in [-0.05, 0) is 60.0 Å². The summed E-state index contributed by atoms with van der Waals surface area (Å²) in [5.41, 5.74) is 1.93. The van der Waals surface area contributed by atoms with Crippen LogP contribution >= 0.6 is 11.6 Å². The van der Waals surface area contributed by atoms with Crippen LogP contribution < -0.4 is 9.64 Å². The third-order valence-corrected chi connectivity index (χ3v) is 7.00. The molecule has 2 N–H and O–H groups in total. The Kier molecular flexibility index (Phi) is 6.36. The Labute approximate surface area is 219 Å². The summed E-state index contributed by atoms with van der Waals surface area (Å²) in [7, 11) is 0. The fraction of sp³-hybridized carbons (Fsp3) is 0.133. The predicted octanol–water partition coefficient (Wildman–Crippen LogP) is 6.53. The van der Waals surface area contributed by atoms with Crippen molar-refractivity contribution in [1.82, 2.24) is 0 Å². The second-order valence-corrected chi connectivity index (χ2v) is 9.15. The number of halogens is 1. The quantitative estimate of drug-likeness (QED) is 0.180. The lowest BCUT2D eigenvalue weighted by Gasteiger charge is -2.27. The number of ketones is 1. The van der Waals surface area contributed by atoms with Crippen LogP contribution in [0.4, 0.5) is 5.69 Å². The van der Waals surface area contributed by atoms with Gasteiger partial charge in [0.05, 0.1) is 18.2 Å². The Bertz CT molecular complexity index is 1590. The first-order valence-electron chi connectivity index (χ1n) is 11.8. The van der Waals surface area contributed by atoms with Gasteiger partial charge in [-0.15, -0.1) is 0 Å². The van der Waals surface area contributed by atoms with Crippen LogP contribution in [0.5, 0.6) is 11.5 Å². The van der Waals surface area contributed by atoms with Crippen LogP contribution in [0.2, 0.25) is 5.02 Å². The number of aromatic hydroxyl groups is 1. The second-order valence-electron chi connectivity index (χ2n) is 8.74. The Morgan fingerprint density at radius 3 is 2.51 bits per heavy atom. The molecule has 0 aliphatic carbocycles. The summed E-state index contributed by atoms with van der Waals surface area (Å²) in [5.74, 6) is -1.76. The number of hydrogen-bond acceptors (Lipinski definition) is 5. The van der Waals surface area contributed by atoms with Gasteiger partial charge in [0.25, 0.3) is 11.7 Å². The van der Waals surface area contributed by atoms with Crippen LogP contribution in [0.15, 0.2) is 84.4 Å². The lowest BCUT2D eigenvalue weighted by atomic mass is 9.93. The van der Waals surface area contributed by atoms with E-state index in [4.69, 9.17) is 16.3 Å². The van der Waals surface area contributed by atoms with Crippen molar-refractivity contribution in [2.24, 2.45) is 0 Å². The number of aliphatic hydroxyl groups is 1. The summed E-state index contributed by atoms with van der Waals surface area (Å²) in [5, 5.41) is 24.0. The smallest absolute Gasteiger partial charge is 0.300 e. The van der Waals surface area contributed by atoms with Gasteiger partial charge in [0.1, 0.15) is 5.76 Å². The van der Waals surface area contributed by atoms with E-state index in [1.807, 2.05) is 30.3 Å². The lowest BCUT2D eigenvalue weighted by Crippen LogP contribution is -2.30. The molecule has 0 aromatic heterocycles. The standard InChI is InChI=1S/C30H24ClNO5/c1-3-37-25-16-19(14-15-24(25)33)27-26(28(34)21-11-6-9-18-8-4-5-10-20(18)21)29(35)30(36)32(27)23-13-7-12-22(31)17(23)2/h4-16,27,33-34H,3H2,1-2H3/b28-26+. The molecule has 0 spiro atoms. The van der Waals surface area contributed by atoms with E-state index in [1.54, 1.807) is 56.3 Å². The van der Waals surface area contributed by atoms with Crippen molar-refractivity contribution in [3.8, 4) is 11.5 Å². The molecular formula is C30H24ClNO5. The van der Waals surface area contributed by atoms with Gasteiger partial charge in [-0.25, -0.2) is 0 Å². The maximum Gasteiger partial charge on any atom is 0.300 e. The first-order valence-corrected chi connectivity index (χ1v) is 12.2. The van der Waals surface area contributed by atoms with Crippen LogP contribution in [0.3, 0.4) is 0 Å². The van der Waals surface area contributed by atoms with E-state index in [-0.39, 0.29) is 22.8 Å². The molecule has 1 fully saturated rings. The zero-order chi connectivity index (χ0) is 26.3. The van der Waals surface area contributed by atoms with Crippen molar-refractivity contribution in [2.75, 3.05) is 11.5 Å². The fourth-order valence-corrected chi connectivity index (χ4v) is 4.97. The summed E-state index contributed by atoms with van der Waals surface area (Å²) in [6.07, 6.45) is 0. The number of benzene rings is 4. The Hall–Kier alpha value is -4.29. The first-order chi connectivity index (χ1) is 17.8. The SMILES string of the molecule is CCOc1cc(C2/C(=C(\O)c3cccc4ccccc34)C(=O)C(=O)N2c2cccc(Cl)c2C)ccc1O. The fourth-order valence-electron chi connectivity index (χ4n) is 4.80. The number of hydrogen-bond donors (Lipinski definition) is 2. The van der Waals surface area contributed by atoms with Gasteiger partial charge < -0.3 is 14.9 Å². The van der Waals surface area contributed by atoms with Crippen LogP contribution in [0.25, 0.3) is 16.5 Å². The maximum atomic E-state index is 13.6. The number of Topliss-reactive ketones (excluding diaryl/α,β-unsaturated/α-hetero) is 1. The number of aliphatic hydroxyl groups excluding tert-OH is 1. The average Bonchev–Trinajstić information content (AvgIpc) is 3.16. The van der Waals surface area contributed by atoms with E-state index in [9.17, 15) is 19.8 Å². The van der Waals surface area contributed by atoms with Crippen molar-refractivity contribution in [3.05, 3.63) is 106 Å². The third kappa shape index (κ3) is 4.09. The summed E-state index contributed by atoms with van der Waals surface area (Å²) in [6.45, 7) is 3.86. The highest BCUT2D eigenvalue weighted by Crippen LogP contribution is 2.46. The normalized spacial score (nSPS) is 16.9. The molecule has 1 aliphatic rings. The summed E-state index contributed by atoms with van der Waals surface area (Å²) in [4.78, 5) is 28.5. The van der Waals surface area contributed by atoms with Crippen molar-refractivity contribution >= 4 is 45.5 Å². The molecule has 0 bridgehead atoms. The van der Waals surface area contributed by atoms with Gasteiger partial charge >= 0.3 is 0 Å². The zero-order valence-corrected chi connectivity index (χ0v) is 21.0. The molecule has 186 valence electrons. The highest BCUT2D eigenvalue weighted by atomic mass is 35.5. The lowest BCUT2D eigenvalue weighted by molar-refractivity contribution is -0.132. The van der Waals surface area contributed by atoms with E-state index >= 15 is 0 Å². The van der Waals surface area contributed by atoms with Gasteiger partial charge in [-0.2, -0.15) is 0 Å². The van der Waals surface area contributed by atoms with Gasteiger partial charge in [-0.1, -0.05) is 66.2 Å². The molecule has 0 saturated carbocycles. The second kappa shape index (κ2) is 9.64. The number of carbonyl (C=O) groups is 2. The molecular weight excluding hydrogens is 490 g/mol. The monoisotopic (exact) mass is 513 g/mol. The van der Waals surface area contributed by atoms with Crippen LogP contribution in [-0.2, 0) is 9.59 Å². The van der Waals surface area contributed by atoms with E-state index in [0.29, 0.717) is 34.0 Å². The van der Waals surface area contributed by atoms with Crippen molar-refractivity contribution < 1.29 is 24.5 Å². The van der Waals surface area contributed by atoms with Gasteiger partial charge in [0, 0.05) is 16.3 Å². The number of rotatable bonds is 5. The molecule has 1 unspecified atom stereocenters. The predicted molar refractivity (Wildman–Crippen MR) is 144 cm³/mol. The molecule has 1 aliphatic heterocycles. The minimum Gasteiger partial charge on any atom is -0.507 e. The number of amides is 1. The first kappa shape index (κ1) is 24.4. The molecule has 4 aromatic carbocycles. The highest BCUT2D eigenvalue weighted by molar-refractivity contribution is 6.52. The number of phenolic OH excluding ortho intramolecular Hbond substituents is 1.